The Balaban J connectivity index is 0.00000324. The minimum Gasteiger partial charge on any atom is -0.501 e. The lowest BCUT2D eigenvalue weighted by molar-refractivity contribution is -0.386. The van der Waals surface area contributed by atoms with E-state index in [0.29, 0.717) is 0 Å². The Morgan fingerprint density at radius 2 is 1.53 bits per heavy atom. The summed E-state index contributed by atoms with van der Waals surface area (Å²) in [5.41, 5.74) is -1.29. The third-order valence-electron chi connectivity index (χ3n) is 1.80. The molecule has 0 saturated heterocycles. The van der Waals surface area contributed by atoms with Gasteiger partial charge in [-0.05, 0) is 6.07 Å². The van der Waals surface area contributed by atoms with Crippen LogP contribution >= 0.6 is 0 Å². The number of hydrogen-bond acceptors (Lipinski definition) is 8. The summed E-state index contributed by atoms with van der Waals surface area (Å²) in [6.45, 7) is 0. The molecule has 19 heavy (non-hydrogen) atoms. The Morgan fingerprint density at radius 3 is 1.84 bits per heavy atom. The molecule has 0 bridgehead atoms. The van der Waals surface area contributed by atoms with Crippen LogP contribution < -0.4 is 6.15 Å². The van der Waals surface area contributed by atoms with Crippen molar-refractivity contribution in [1.29, 1.82) is 0 Å². The summed E-state index contributed by atoms with van der Waals surface area (Å²) in [4.78, 5) is 6.64. The van der Waals surface area contributed by atoms with Crippen molar-refractivity contribution >= 4 is 25.9 Å². The fraction of sp³-hybridized carbons (Fsp3) is 0. The van der Waals surface area contributed by atoms with Crippen molar-refractivity contribution in [2.45, 2.75) is 9.79 Å². The first-order chi connectivity index (χ1) is 7.94. The number of hydrogen-bond donors (Lipinski definition) is 4. The molecule has 1 rings (SSSR count). The molecular weight excluding hydrogens is 308 g/mol. The van der Waals surface area contributed by atoms with Crippen molar-refractivity contribution in [3.63, 3.8) is 0 Å². The molecule has 0 heterocycles. The van der Waals surface area contributed by atoms with Crippen molar-refractivity contribution in [3.8, 4) is 5.75 Å². The quantitative estimate of drug-likeness (QED) is 0.332. The molecule has 0 aromatic heterocycles. The summed E-state index contributed by atoms with van der Waals surface area (Å²) >= 11 is 0. The van der Waals surface area contributed by atoms with Gasteiger partial charge in [-0.25, -0.2) is 0 Å². The Hall–Kier alpha value is -1.80. The Kier molecular flexibility index (Phi) is 4.58. The molecule has 0 fully saturated rings. The summed E-state index contributed by atoms with van der Waals surface area (Å²) in [7, 11) is -10.1. The first kappa shape index (κ1) is 17.2. The molecule has 0 aliphatic rings. The Morgan fingerprint density at radius 1 is 1.05 bits per heavy atom. The van der Waals surface area contributed by atoms with E-state index in [2.05, 4.69) is 0 Å². The second-order valence-electron chi connectivity index (χ2n) is 3.00. The van der Waals surface area contributed by atoms with Crippen molar-refractivity contribution in [2.75, 3.05) is 0 Å². The lowest BCUT2D eigenvalue weighted by Gasteiger charge is -2.04. The SMILES string of the molecule is N.O=[N+]([O-])c1cc(S(=O)(=O)O)cc(S(=O)(=O)O)c1O. The number of phenolic OH excluding ortho intramolecular Hbond substituents is 1. The summed E-state index contributed by atoms with van der Waals surface area (Å²) in [6, 6.07) is 0.437. The van der Waals surface area contributed by atoms with Crippen LogP contribution in [-0.4, -0.2) is 36.0 Å². The Labute approximate surface area is 106 Å². The minimum absolute atomic E-state index is 0. The summed E-state index contributed by atoms with van der Waals surface area (Å²) in [5, 5.41) is 19.7. The summed E-state index contributed by atoms with van der Waals surface area (Å²) in [6.07, 6.45) is 0. The molecular formula is C6H8N2O9S2. The highest BCUT2D eigenvalue weighted by Crippen LogP contribution is 2.35. The maximum atomic E-state index is 10.8. The molecule has 0 atom stereocenters. The molecule has 6 N–H and O–H groups in total. The van der Waals surface area contributed by atoms with Crippen LogP contribution in [-0.2, 0) is 20.2 Å². The molecule has 0 unspecified atom stereocenters. The van der Waals surface area contributed by atoms with Crippen LogP contribution in [0.4, 0.5) is 5.69 Å². The lowest BCUT2D eigenvalue weighted by atomic mass is 10.3. The van der Waals surface area contributed by atoms with Crippen LogP contribution in [0.1, 0.15) is 0 Å². The van der Waals surface area contributed by atoms with Gasteiger partial charge in [-0.15, -0.1) is 0 Å². The number of aromatic hydroxyl groups is 1. The van der Waals surface area contributed by atoms with Crippen LogP contribution in [0, 0.1) is 10.1 Å². The van der Waals surface area contributed by atoms with Gasteiger partial charge in [0, 0.05) is 6.07 Å². The predicted octanol–water partition coefficient (Wildman–Crippen LogP) is -0.0442. The van der Waals surface area contributed by atoms with Gasteiger partial charge in [0.2, 0.25) is 5.75 Å². The van der Waals surface area contributed by atoms with Gasteiger partial charge < -0.3 is 11.3 Å². The molecule has 108 valence electrons. The van der Waals surface area contributed by atoms with Gasteiger partial charge in [0.25, 0.3) is 20.2 Å². The number of nitrogens with zero attached hydrogens (tertiary/aromatic N) is 1. The fourth-order valence-corrected chi connectivity index (χ4v) is 2.28. The molecule has 0 aliphatic carbocycles. The number of nitro benzene ring substituents is 1. The average Bonchev–Trinajstić information content (AvgIpc) is 2.13. The highest BCUT2D eigenvalue weighted by atomic mass is 32.2. The van der Waals surface area contributed by atoms with E-state index in [0.717, 1.165) is 0 Å². The van der Waals surface area contributed by atoms with Crippen molar-refractivity contribution < 1.29 is 36.0 Å². The zero-order valence-corrected chi connectivity index (χ0v) is 10.5. The molecule has 11 nitrogen and oxygen atoms in total. The van der Waals surface area contributed by atoms with Gasteiger partial charge in [-0.2, -0.15) is 16.8 Å². The first-order valence-corrected chi connectivity index (χ1v) is 6.79. The third kappa shape index (κ3) is 3.58. The monoisotopic (exact) mass is 316 g/mol. The number of rotatable bonds is 3. The second kappa shape index (κ2) is 5.06. The normalized spacial score (nSPS) is 11.7. The van der Waals surface area contributed by atoms with Crippen molar-refractivity contribution in [1.82, 2.24) is 6.15 Å². The van der Waals surface area contributed by atoms with Gasteiger partial charge in [0.1, 0.15) is 9.79 Å². The van der Waals surface area contributed by atoms with E-state index >= 15 is 0 Å². The van der Waals surface area contributed by atoms with E-state index in [1.165, 1.54) is 0 Å². The van der Waals surface area contributed by atoms with E-state index in [-0.39, 0.29) is 18.3 Å². The lowest BCUT2D eigenvalue weighted by Crippen LogP contribution is -2.05. The summed E-state index contributed by atoms with van der Waals surface area (Å²) < 4.78 is 60.5. The molecule has 1 aromatic rings. The van der Waals surface area contributed by atoms with E-state index in [1.807, 2.05) is 0 Å². The smallest absolute Gasteiger partial charge is 0.313 e. The second-order valence-corrected chi connectivity index (χ2v) is 5.81. The van der Waals surface area contributed by atoms with E-state index in [4.69, 9.17) is 9.11 Å². The van der Waals surface area contributed by atoms with E-state index in [9.17, 15) is 32.1 Å². The maximum absolute atomic E-state index is 10.8. The first-order valence-electron chi connectivity index (χ1n) is 3.91. The molecule has 0 saturated carbocycles. The molecule has 0 amide bonds. The molecule has 0 spiro atoms. The van der Waals surface area contributed by atoms with Crippen LogP contribution in [0.25, 0.3) is 0 Å². The number of phenols is 1. The van der Waals surface area contributed by atoms with Gasteiger partial charge in [-0.3, -0.25) is 19.2 Å². The van der Waals surface area contributed by atoms with Crippen LogP contribution in [0.5, 0.6) is 5.75 Å². The highest BCUT2D eigenvalue weighted by molar-refractivity contribution is 7.86. The molecule has 0 aliphatic heterocycles. The van der Waals surface area contributed by atoms with Crippen molar-refractivity contribution in [2.24, 2.45) is 0 Å². The molecule has 0 radical (unpaired) electrons. The van der Waals surface area contributed by atoms with Crippen LogP contribution in [0.3, 0.4) is 0 Å². The topological polar surface area (TPSA) is 207 Å². The number of nitro groups is 1. The van der Waals surface area contributed by atoms with E-state index in [1.54, 1.807) is 0 Å². The van der Waals surface area contributed by atoms with Gasteiger partial charge in [0.15, 0.2) is 0 Å². The Bertz CT molecular complexity index is 721. The molecule has 13 heteroatoms. The minimum atomic E-state index is -5.10. The zero-order valence-electron chi connectivity index (χ0n) is 8.92. The van der Waals surface area contributed by atoms with E-state index < -0.39 is 46.4 Å². The summed E-state index contributed by atoms with van der Waals surface area (Å²) in [5.74, 6) is -1.44. The molecule has 1 aromatic carbocycles. The third-order valence-corrected chi connectivity index (χ3v) is 3.50. The maximum Gasteiger partial charge on any atom is 0.313 e. The zero-order chi connectivity index (χ0) is 14.3. The fourth-order valence-electron chi connectivity index (χ4n) is 1.05. The van der Waals surface area contributed by atoms with Crippen molar-refractivity contribution in [3.05, 3.63) is 22.2 Å². The highest BCUT2D eigenvalue weighted by Gasteiger charge is 2.29. The largest absolute Gasteiger partial charge is 0.501 e. The van der Waals surface area contributed by atoms with Crippen LogP contribution in [0.2, 0.25) is 0 Å². The van der Waals surface area contributed by atoms with Gasteiger partial charge in [-0.1, -0.05) is 0 Å². The standard InChI is InChI=1S/C6H5NO9S2.H3N/c8-6-4(7(9)10)1-3(17(11,12)13)2-5(6)18(14,15)16;/h1-2,8H,(H,11,12,13)(H,14,15,16);1H3. The average molecular weight is 316 g/mol. The number of benzene rings is 1. The predicted molar refractivity (Wildman–Crippen MR) is 59.4 cm³/mol. The van der Waals surface area contributed by atoms with Crippen LogP contribution in [0.15, 0.2) is 21.9 Å². The van der Waals surface area contributed by atoms with Gasteiger partial charge >= 0.3 is 5.69 Å². The van der Waals surface area contributed by atoms with Gasteiger partial charge in [0.05, 0.1) is 4.92 Å².